The quantitative estimate of drug-likeness (QED) is 0.138. The van der Waals surface area contributed by atoms with Gasteiger partial charge in [0.25, 0.3) is 0 Å². The predicted molar refractivity (Wildman–Crippen MR) is 167 cm³/mol. The Hall–Kier alpha value is -4.09. The summed E-state index contributed by atoms with van der Waals surface area (Å²) in [5.74, 6) is 1.44. The number of hydrogen-bond acceptors (Lipinski definition) is 4. The SMILES string of the molecule is CCCCCC(NCCc1ccc(OCc2ccccc2)cc1)c1ccc(OCc2ccccc2)c(NC(C)=O)c1. The van der Waals surface area contributed by atoms with Crippen molar-refractivity contribution >= 4 is 11.6 Å². The molecule has 2 N–H and O–H groups in total. The maximum atomic E-state index is 12.0. The van der Waals surface area contributed by atoms with Gasteiger partial charge >= 0.3 is 0 Å². The normalized spacial score (nSPS) is 11.6. The van der Waals surface area contributed by atoms with Gasteiger partial charge in [0.15, 0.2) is 0 Å². The molecule has 0 saturated carbocycles. The van der Waals surface area contributed by atoms with Gasteiger partial charge in [-0.3, -0.25) is 4.79 Å². The first-order valence-corrected chi connectivity index (χ1v) is 14.7. The minimum atomic E-state index is -0.113. The van der Waals surface area contributed by atoms with Crippen LogP contribution in [0.3, 0.4) is 0 Å². The van der Waals surface area contributed by atoms with E-state index in [2.05, 4.69) is 54.0 Å². The summed E-state index contributed by atoms with van der Waals surface area (Å²) < 4.78 is 12.0. The van der Waals surface area contributed by atoms with E-state index in [1.54, 1.807) is 0 Å². The number of unbranched alkanes of at least 4 members (excludes halogenated alkanes) is 2. The lowest BCUT2D eigenvalue weighted by Gasteiger charge is -2.22. The van der Waals surface area contributed by atoms with E-state index in [-0.39, 0.29) is 11.9 Å². The molecule has 0 saturated heterocycles. The third-order valence-corrected chi connectivity index (χ3v) is 7.03. The van der Waals surface area contributed by atoms with Crippen molar-refractivity contribution in [3.8, 4) is 11.5 Å². The van der Waals surface area contributed by atoms with Crippen LogP contribution in [0.4, 0.5) is 5.69 Å². The first kappa shape index (κ1) is 29.9. The summed E-state index contributed by atoms with van der Waals surface area (Å²) in [5, 5.41) is 6.75. The first-order chi connectivity index (χ1) is 20.1. The van der Waals surface area contributed by atoms with E-state index in [9.17, 15) is 4.79 Å². The number of anilines is 1. The monoisotopic (exact) mass is 550 g/mol. The standard InChI is InChI=1S/C36H42N2O3/c1-3-4-7-16-34(37-24-23-29-17-20-33(21-18-29)40-26-30-12-8-5-9-13-30)32-19-22-36(35(25-32)38-28(2)39)41-27-31-14-10-6-11-15-31/h5-6,8-15,17-22,25,34,37H,3-4,7,16,23-24,26-27H2,1-2H3,(H,38,39). The van der Waals surface area contributed by atoms with Crippen LogP contribution in [0.25, 0.3) is 0 Å². The number of ether oxygens (including phenoxy) is 2. The van der Waals surface area contributed by atoms with Crippen molar-refractivity contribution < 1.29 is 14.3 Å². The summed E-state index contributed by atoms with van der Waals surface area (Å²) in [6.07, 6.45) is 5.46. The number of nitrogens with one attached hydrogen (secondary N) is 2. The zero-order chi connectivity index (χ0) is 28.7. The van der Waals surface area contributed by atoms with Crippen molar-refractivity contribution in [2.24, 2.45) is 0 Å². The number of carbonyl (C=O) groups excluding carboxylic acids is 1. The summed E-state index contributed by atoms with van der Waals surface area (Å²) in [4.78, 5) is 12.0. The van der Waals surface area contributed by atoms with Crippen molar-refractivity contribution in [3.05, 3.63) is 125 Å². The molecule has 0 bridgehead atoms. The third kappa shape index (κ3) is 10.1. The molecule has 0 heterocycles. The molecule has 0 aliphatic carbocycles. The van der Waals surface area contributed by atoms with Crippen LogP contribution in [0.15, 0.2) is 103 Å². The van der Waals surface area contributed by atoms with E-state index < -0.39 is 0 Å². The lowest BCUT2D eigenvalue weighted by atomic mass is 9.99. The van der Waals surface area contributed by atoms with Gasteiger partial charge in [-0.1, -0.05) is 105 Å². The summed E-state index contributed by atoms with van der Waals surface area (Å²) in [7, 11) is 0. The molecular formula is C36H42N2O3. The molecule has 0 aliphatic rings. The number of hydrogen-bond donors (Lipinski definition) is 2. The Morgan fingerprint density at radius 1 is 0.756 bits per heavy atom. The smallest absolute Gasteiger partial charge is 0.221 e. The maximum Gasteiger partial charge on any atom is 0.221 e. The number of carbonyl (C=O) groups is 1. The van der Waals surface area contributed by atoms with Crippen molar-refractivity contribution in [1.29, 1.82) is 0 Å². The van der Waals surface area contributed by atoms with Crippen LogP contribution in [0, 0.1) is 0 Å². The molecule has 4 aromatic carbocycles. The Morgan fingerprint density at radius 3 is 2.05 bits per heavy atom. The molecule has 0 fully saturated rings. The summed E-state index contributed by atoms with van der Waals surface area (Å²) in [5.41, 5.74) is 5.37. The van der Waals surface area contributed by atoms with Gasteiger partial charge < -0.3 is 20.1 Å². The summed E-state index contributed by atoms with van der Waals surface area (Å²) in [6, 6.07) is 35.0. The fourth-order valence-electron chi connectivity index (χ4n) is 4.78. The van der Waals surface area contributed by atoms with E-state index in [4.69, 9.17) is 9.47 Å². The largest absolute Gasteiger partial charge is 0.489 e. The molecule has 1 amide bonds. The molecule has 1 unspecified atom stereocenters. The minimum absolute atomic E-state index is 0.113. The van der Waals surface area contributed by atoms with E-state index in [0.717, 1.165) is 48.2 Å². The van der Waals surface area contributed by atoms with Gasteiger partial charge in [-0.15, -0.1) is 0 Å². The molecule has 214 valence electrons. The number of amides is 1. The Kier molecular flexibility index (Phi) is 11.8. The Morgan fingerprint density at radius 2 is 1.41 bits per heavy atom. The Bertz CT molecular complexity index is 1320. The van der Waals surface area contributed by atoms with Crippen molar-refractivity contribution in [1.82, 2.24) is 5.32 Å². The van der Waals surface area contributed by atoms with Gasteiger partial charge in [0.05, 0.1) is 5.69 Å². The van der Waals surface area contributed by atoms with Gasteiger partial charge in [0.2, 0.25) is 5.91 Å². The molecule has 41 heavy (non-hydrogen) atoms. The van der Waals surface area contributed by atoms with Crippen molar-refractivity contribution in [2.75, 3.05) is 11.9 Å². The number of benzene rings is 4. The molecule has 0 spiro atoms. The average Bonchev–Trinajstić information content (AvgIpc) is 3.00. The highest BCUT2D eigenvalue weighted by molar-refractivity contribution is 5.90. The van der Waals surface area contributed by atoms with E-state index in [0.29, 0.717) is 24.7 Å². The second-order valence-corrected chi connectivity index (χ2v) is 10.4. The van der Waals surface area contributed by atoms with Crippen LogP contribution in [0.2, 0.25) is 0 Å². The summed E-state index contributed by atoms with van der Waals surface area (Å²) >= 11 is 0. The lowest BCUT2D eigenvalue weighted by molar-refractivity contribution is -0.114. The van der Waals surface area contributed by atoms with E-state index >= 15 is 0 Å². The molecular weight excluding hydrogens is 508 g/mol. The zero-order valence-corrected chi connectivity index (χ0v) is 24.3. The molecule has 5 nitrogen and oxygen atoms in total. The molecule has 0 aliphatic heterocycles. The first-order valence-electron chi connectivity index (χ1n) is 14.7. The minimum Gasteiger partial charge on any atom is -0.489 e. The average molecular weight is 551 g/mol. The van der Waals surface area contributed by atoms with Gasteiger partial charge in [-0.05, 0) is 65.9 Å². The predicted octanol–water partition coefficient (Wildman–Crippen LogP) is 8.26. The number of rotatable bonds is 16. The molecule has 0 aromatic heterocycles. The van der Waals surface area contributed by atoms with E-state index in [1.165, 1.54) is 25.3 Å². The Balaban J connectivity index is 1.37. The Labute approximate surface area is 244 Å². The second kappa shape index (κ2) is 16.2. The van der Waals surface area contributed by atoms with Crippen molar-refractivity contribution in [2.45, 2.75) is 65.2 Å². The van der Waals surface area contributed by atoms with Crippen LogP contribution in [0.5, 0.6) is 11.5 Å². The van der Waals surface area contributed by atoms with Gasteiger partial charge in [-0.25, -0.2) is 0 Å². The zero-order valence-electron chi connectivity index (χ0n) is 24.3. The van der Waals surface area contributed by atoms with Gasteiger partial charge in [-0.2, -0.15) is 0 Å². The fourth-order valence-corrected chi connectivity index (χ4v) is 4.78. The molecule has 4 aromatic rings. The summed E-state index contributed by atoms with van der Waals surface area (Å²) in [6.45, 7) is 5.62. The van der Waals surface area contributed by atoms with Gasteiger partial charge in [0, 0.05) is 13.0 Å². The molecule has 1 atom stereocenters. The maximum absolute atomic E-state index is 12.0. The van der Waals surface area contributed by atoms with Crippen molar-refractivity contribution in [3.63, 3.8) is 0 Å². The highest BCUT2D eigenvalue weighted by atomic mass is 16.5. The molecule has 0 radical (unpaired) electrons. The highest BCUT2D eigenvalue weighted by Gasteiger charge is 2.15. The molecule has 5 heteroatoms. The van der Waals surface area contributed by atoms with Crippen LogP contribution < -0.4 is 20.1 Å². The van der Waals surface area contributed by atoms with Crippen LogP contribution in [-0.4, -0.2) is 12.5 Å². The van der Waals surface area contributed by atoms with Crippen LogP contribution in [0.1, 0.15) is 67.8 Å². The third-order valence-electron chi connectivity index (χ3n) is 7.03. The highest BCUT2D eigenvalue weighted by Crippen LogP contribution is 2.31. The topological polar surface area (TPSA) is 59.6 Å². The van der Waals surface area contributed by atoms with Crippen LogP contribution >= 0.6 is 0 Å². The van der Waals surface area contributed by atoms with E-state index in [1.807, 2.05) is 66.7 Å². The van der Waals surface area contributed by atoms with Crippen LogP contribution in [-0.2, 0) is 24.4 Å². The van der Waals surface area contributed by atoms with Gasteiger partial charge in [0.1, 0.15) is 24.7 Å². The lowest BCUT2D eigenvalue weighted by Crippen LogP contribution is -2.24. The molecule has 4 rings (SSSR count). The second-order valence-electron chi connectivity index (χ2n) is 10.4. The fraction of sp³-hybridized carbons (Fsp3) is 0.306.